The van der Waals surface area contributed by atoms with Crippen molar-refractivity contribution < 1.29 is 9.53 Å². The highest BCUT2D eigenvalue weighted by Crippen LogP contribution is 2.22. The van der Waals surface area contributed by atoms with Crippen molar-refractivity contribution in [2.75, 3.05) is 51.7 Å². The van der Waals surface area contributed by atoms with E-state index in [0.717, 1.165) is 38.4 Å². The Morgan fingerprint density at radius 2 is 1.85 bits per heavy atom. The number of anilines is 1. The molecule has 0 spiro atoms. The zero-order valence-corrected chi connectivity index (χ0v) is 12.3. The highest BCUT2D eigenvalue weighted by atomic mass is 16.5. The second-order valence-corrected chi connectivity index (χ2v) is 4.96. The molecule has 5 nitrogen and oxygen atoms in total. The predicted octanol–water partition coefficient (Wildman–Crippen LogP) is 1.27. The van der Waals surface area contributed by atoms with Crippen molar-refractivity contribution in [1.82, 2.24) is 9.80 Å². The number of piperazine rings is 1. The molecule has 0 radical (unpaired) electrons. The van der Waals surface area contributed by atoms with Gasteiger partial charge in [0, 0.05) is 26.2 Å². The van der Waals surface area contributed by atoms with E-state index in [1.165, 1.54) is 0 Å². The van der Waals surface area contributed by atoms with Crippen LogP contribution in [0.4, 0.5) is 5.69 Å². The van der Waals surface area contributed by atoms with Crippen molar-refractivity contribution in [3.05, 3.63) is 24.3 Å². The van der Waals surface area contributed by atoms with Crippen LogP contribution in [-0.4, -0.2) is 62.1 Å². The van der Waals surface area contributed by atoms with Gasteiger partial charge in [-0.25, -0.2) is 0 Å². The summed E-state index contributed by atoms with van der Waals surface area (Å²) in [5.41, 5.74) is 0.729. The second kappa shape index (κ2) is 7.26. The van der Waals surface area contributed by atoms with Crippen LogP contribution in [0.15, 0.2) is 24.3 Å². The Balaban J connectivity index is 1.84. The fraction of sp³-hybridized carbons (Fsp3) is 0.533. The quantitative estimate of drug-likeness (QED) is 0.880. The number of likely N-dealkylation sites (N-methyl/N-ethyl adjacent to an activating group) is 1. The zero-order chi connectivity index (χ0) is 14.4. The van der Waals surface area contributed by atoms with Crippen LogP contribution in [0.1, 0.15) is 6.92 Å². The molecule has 0 saturated carbocycles. The molecule has 5 heteroatoms. The summed E-state index contributed by atoms with van der Waals surface area (Å²) in [6.07, 6.45) is 0. The van der Waals surface area contributed by atoms with E-state index in [9.17, 15) is 4.79 Å². The third-order valence-electron chi connectivity index (χ3n) is 3.66. The number of carbonyl (C=O) groups excluding carboxylic acids is 1. The maximum atomic E-state index is 12.1. The van der Waals surface area contributed by atoms with Crippen LogP contribution in [0.3, 0.4) is 0 Å². The molecule has 0 aromatic heterocycles. The topological polar surface area (TPSA) is 44.8 Å². The van der Waals surface area contributed by atoms with E-state index in [4.69, 9.17) is 4.74 Å². The van der Waals surface area contributed by atoms with Gasteiger partial charge in [-0.1, -0.05) is 19.1 Å². The fourth-order valence-corrected chi connectivity index (χ4v) is 2.40. The van der Waals surface area contributed by atoms with Gasteiger partial charge in [0.2, 0.25) is 5.91 Å². The number of hydrogen-bond acceptors (Lipinski definition) is 4. The van der Waals surface area contributed by atoms with Crippen LogP contribution >= 0.6 is 0 Å². The lowest BCUT2D eigenvalue weighted by Crippen LogP contribution is -2.48. The van der Waals surface area contributed by atoms with Gasteiger partial charge in [-0.3, -0.25) is 9.69 Å². The maximum absolute atomic E-state index is 12.1. The minimum absolute atomic E-state index is 0.0134. The van der Waals surface area contributed by atoms with Crippen molar-refractivity contribution in [2.24, 2.45) is 0 Å². The summed E-state index contributed by atoms with van der Waals surface area (Å²) >= 11 is 0. The highest BCUT2D eigenvalue weighted by Gasteiger charge is 2.18. The first kappa shape index (κ1) is 14.8. The van der Waals surface area contributed by atoms with E-state index in [1.54, 1.807) is 7.11 Å². The van der Waals surface area contributed by atoms with Gasteiger partial charge < -0.3 is 15.0 Å². The zero-order valence-electron chi connectivity index (χ0n) is 12.3. The Kier molecular flexibility index (Phi) is 5.38. The Bertz CT molecular complexity index is 442. The van der Waals surface area contributed by atoms with Crippen LogP contribution in [0.5, 0.6) is 5.75 Å². The number of nitrogens with one attached hydrogen (secondary N) is 1. The molecule has 0 atom stereocenters. The molecule has 20 heavy (non-hydrogen) atoms. The summed E-state index contributed by atoms with van der Waals surface area (Å²) in [5.74, 6) is 0.705. The van der Waals surface area contributed by atoms with Gasteiger partial charge in [0.1, 0.15) is 5.75 Å². The molecular formula is C15H23N3O2. The van der Waals surface area contributed by atoms with E-state index in [0.29, 0.717) is 12.3 Å². The van der Waals surface area contributed by atoms with Crippen molar-refractivity contribution >= 4 is 11.6 Å². The van der Waals surface area contributed by atoms with E-state index < -0.39 is 0 Å². The number of nitrogens with zero attached hydrogens (tertiary/aromatic N) is 2. The molecule has 1 aromatic carbocycles. The largest absolute Gasteiger partial charge is 0.495 e. The predicted molar refractivity (Wildman–Crippen MR) is 80.2 cm³/mol. The molecule has 0 unspecified atom stereocenters. The van der Waals surface area contributed by atoms with E-state index in [2.05, 4.69) is 22.0 Å². The van der Waals surface area contributed by atoms with Crippen molar-refractivity contribution in [3.63, 3.8) is 0 Å². The van der Waals surface area contributed by atoms with Crippen LogP contribution in [0.25, 0.3) is 0 Å². The van der Waals surface area contributed by atoms with Crippen molar-refractivity contribution in [2.45, 2.75) is 6.92 Å². The van der Waals surface area contributed by atoms with Crippen LogP contribution in [0, 0.1) is 0 Å². The SMILES string of the molecule is CCN1CCN(CC(=O)Nc2ccccc2OC)CC1. The molecule has 110 valence electrons. The number of benzene rings is 1. The second-order valence-electron chi connectivity index (χ2n) is 4.96. The smallest absolute Gasteiger partial charge is 0.238 e. The highest BCUT2D eigenvalue weighted by molar-refractivity contribution is 5.93. The molecule has 1 amide bonds. The summed E-state index contributed by atoms with van der Waals surface area (Å²) < 4.78 is 5.23. The first-order chi connectivity index (χ1) is 9.72. The van der Waals surface area contributed by atoms with E-state index >= 15 is 0 Å². The number of rotatable bonds is 5. The number of carbonyl (C=O) groups is 1. The van der Waals surface area contributed by atoms with Gasteiger partial charge in [0.05, 0.1) is 19.3 Å². The molecule has 2 rings (SSSR count). The minimum atomic E-state index is 0.0134. The maximum Gasteiger partial charge on any atom is 0.238 e. The lowest BCUT2D eigenvalue weighted by atomic mass is 10.2. The molecule has 1 saturated heterocycles. The molecule has 1 heterocycles. The third-order valence-corrected chi connectivity index (χ3v) is 3.66. The van der Waals surface area contributed by atoms with Gasteiger partial charge in [0.25, 0.3) is 0 Å². The molecule has 1 fully saturated rings. The summed E-state index contributed by atoms with van der Waals surface area (Å²) in [4.78, 5) is 16.7. The standard InChI is InChI=1S/C15H23N3O2/c1-3-17-8-10-18(11-9-17)12-15(19)16-13-6-4-5-7-14(13)20-2/h4-7H,3,8-12H2,1-2H3,(H,16,19). The van der Waals surface area contributed by atoms with Crippen LogP contribution in [-0.2, 0) is 4.79 Å². The van der Waals surface area contributed by atoms with E-state index in [-0.39, 0.29) is 5.91 Å². The fourth-order valence-electron chi connectivity index (χ4n) is 2.40. The molecular weight excluding hydrogens is 254 g/mol. The average Bonchev–Trinajstić information content (AvgIpc) is 2.48. The van der Waals surface area contributed by atoms with Crippen molar-refractivity contribution in [3.8, 4) is 5.75 Å². The van der Waals surface area contributed by atoms with Gasteiger partial charge in [0.15, 0.2) is 0 Å². The molecule has 1 aromatic rings. The lowest BCUT2D eigenvalue weighted by molar-refractivity contribution is -0.117. The van der Waals surface area contributed by atoms with Crippen LogP contribution < -0.4 is 10.1 Å². The Morgan fingerprint density at radius 3 is 2.50 bits per heavy atom. The summed E-state index contributed by atoms with van der Waals surface area (Å²) in [6.45, 7) is 7.68. The number of para-hydroxylation sites is 2. The molecule has 0 bridgehead atoms. The summed E-state index contributed by atoms with van der Waals surface area (Å²) in [6, 6.07) is 7.47. The number of ether oxygens (including phenoxy) is 1. The number of hydrogen-bond donors (Lipinski definition) is 1. The third kappa shape index (κ3) is 3.95. The molecule has 0 aliphatic carbocycles. The van der Waals surface area contributed by atoms with Crippen molar-refractivity contribution in [1.29, 1.82) is 0 Å². The number of methoxy groups -OCH3 is 1. The molecule has 1 aliphatic rings. The van der Waals surface area contributed by atoms with Gasteiger partial charge in [-0.2, -0.15) is 0 Å². The molecule has 1 aliphatic heterocycles. The van der Waals surface area contributed by atoms with Gasteiger partial charge >= 0.3 is 0 Å². The van der Waals surface area contributed by atoms with Gasteiger partial charge in [-0.05, 0) is 18.7 Å². The lowest BCUT2D eigenvalue weighted by Gasteiger charge is -2.33. The Hall–Kier alpha value is -1.59. The Morgan fingerprint density at radius 1 is 1.20 bits per heavy atom. The first-order valence-electron chi connectivity index (χ1n) is 7.10. The average molecular weight is 277 g/mol. The normalized spacial score (nSPS) is 16.9. The Labute approximate surface area is 120 Å². The van der Waals surface area contributed by atoms with Crippen LogP contribution in [0.2, 0.25) is 0 Å². The summed E-state index contributed by atoms with van der Waals surface area (Å²) in [5, 5.41) is 2.91. The monoisotopic (exact) mass is 277 g/mol. The summed E-state index contributed by atoms with van der Waals surface area (Å²) in [7, 11) is 1.61. The minimum Gasteiger partial charge on any atom is -0.495 e. The first-order valence-corrected chi connectivity index (χ1v) is 7.10. The van der Waals surface area contributed by atoms with E-state index in [1.807, 2.05) is 24.3 Å². The van der Waals surface area contributed by atoms with Gasteiger partial charge in [-0.15, -0.1) is 0 Å². The number of amides is 1. The molecule has 1 N–H and O–H groups in total.